The van der Waals surface area contributed by atoms with Crippen molar-refractivity contribution in [2.24, 2.45) is 0 Å². The molecule has 0 spiro atoms. The van der Waals surface area contributed by atoms with E-state index in [0.717, 1.165) is 42.1 Å². The zero-order valence-electron chi connectivity index (χ0n) is 17.1. The molecule has 2 heterocycles. The lowest BCUT2D eigenvalue weighted by atomic mass is 10.1. The number of anilines is 2. The van der Waals surface area contributed by atoms with Gasteiger partial charge in [-0.05, 0) is 63.3 Å². The number of likely N-dealkylation sites (N-methyl/N-ethyl adjacent to an activating group) is 1. The predicted molar refractivity (Wildman–Crippen MR) is 119 cm³/mol. The molecule has 0 bridgehead atoms. The number of fused-ring (bicyclic) bond motifs is 2. The summed E-state index contributed by atoms with van der Waals surface area (Å²) in [5, 5.41) is 0.906. The third-order valence-electron chi connectivity index (χ3n) is 5.39. The molecule has 5 heteroatoms. The first-order valence-electron chi connectivity index (χ1n) is 10.2. The fraction of sp³-hybridized carbons (Fsp3) is 0.292. The molecule has 29 heavy (non-hydrogen) atoms. The first-order valence-corrected chi connectivity index (χ1v) is 10.2. The van der Waals surface area contributed by atoms with Crippen LogP contribution in [0.4, 0.5) is 11.4 Å². The highest BCUT2D eigenvalue weighted by molar-refractivity contribution is 5.82. The van der Waals surface area contributed by atoms with Crippen molar-refractivity contribution >= 4 is 28.4 Å². The highest BCUT2D eigenvalue weighted by atomic mass is 16.5. The Morgan fingerprint density at radius 2 is 1.86 bits per heavy atom. The Hall–Kier alpha value is -3.21. The van der Waals surface area contributed by atoms with E-state index >= 15 is 0 Å². The Bertz CT molecular complexity index is 1100. The molecule has 0 amide bonds. The second-order valence-electron chi connectivity index (χ2n) is 7.00. The van der Waals surface area contributed by atoms with Crippen molar-refractivity contribution in [3.63, 3.8) is 0 Å². The summed E-state index contributed by atoms with van der Waals surface area (Å²) in [7, 11) is 0. The van der Waals surface area contributed by atoms with Crippen molar-refractivity contribution < 1.29 is 9.15 Å². The molecular weight excluding hydrogens is 364 g/mol. The van der Waals surface area contributed by atoms with Crippen LogP contribution >= 0.6 is 0 Å². The first kappa shape index (κ1) is 19.1. The number of hydrogen-bond acceptors (Lipinski definition) is 5. The van der Waals surface area contributed by atoms with Gasteiger partial charge >= 0.3 is 5.63 Å². The van der Waals surface area contributed by atoms with Gasteiger partial charge in [-0.3, -0.25) is 0 Å². The highest BCUT2D eigenvalue weighted by Gasteiger charge is 2.27. The van der Waals surface area contributed by atoms with Gasteiger partial charge in [0, 0.05) is 36.8 Å². The van der Waals surface area contributed by atoms with E-state index in [1.54, 1.807) is 6.08 Å². The van der Waals surface area contributed by atoms with Crippen molar-refractivity contribution in [3.8, 4) is 5.75 Å². The summed E-state index contributed by atoms with van der Waals surface area (Å²) in [4.78, 5) is 16.9. The molecule has 150 valence electrons. The molecule has 1 aromatic heterocycles. The second-order valence-corrected chi connectivity index (χ2v) is 7.00. The van der Waals surface area contributed by atoms with Crippen LogP contribution in [0.5, 0.6) is 5.75 Å². The molecule has 0 saturated heterocycles. The van der Waals surface area contributed by atoms with E-state index in [-0.39, 0.29) is 11.9 Å². The zero-order chi connectivity index (χ0) is 20.4. The van der Waals surface area contributed by atoms with Crippen molar-refractivity contribution in [1.29, 1.82) is 0 Å². The molecule has 0 radical (unpaired) electrons. The van der Waals surface area contributed by atoms with Gasteiger partial charge in [0.05, 0.1) is 11.3 Å². The smallest absolute Gasteiger partial charge is 0.343 e. The van der Waals surface area contributed by atoms with Crippen LogP contribution in [-0.4, -0.2) is 25.9 Å². The standard InChI is InChI=1S/C24H26N2O3/c1-4-25(5-2)19-13-11-17-15-18(24(27)29-22(17)16-19)12-14-23-26(6-3)20-9-7-8-10-21(20)28-23/h7-16,23H,4-6H2,1-3H3/b14-12+. The molecule has 0 fully saturated rings. The van der Waals surface area contributed by atoms with E-state index in [4.69, 9.17) is 9.15 Å². The number of ether oxygens (including phenoxy) is 1. The van der Waals surface area contributed by atoms with E-state index in [2.05, 4.69) is 36.6 Å². The van der Waals surface area contributed by atoms with Crippen LogP contribution in [0, 0.1) is 0 Å². The quantitative estimate of drug-likeness (QED) is 0.561. The summed E-state index contributed by atoms with van der Waals surface area (Å²) < 4.78 is 11.6. The minimum absolute atomic E-state index is 0.238. The normalized spacial score (nSPS) is 15.7. The number of nitrogens with zero attached hydrogens (tertiary/aromatic N) is 2. The van der Waals surface area contributed by atoms with Gasteiger partial charge in [-0.15, -0.1) is 0 Å². The van der Waals surface area contributed by atoms with Crippen molar-refractivity contribution in [2.75, 3.05) is 29.4 Å². The lowest BCUT2D eigenvalue weighted by Crippen LogP contribution is -2.32. The summed E-state index contributed by atoms with van der Waals surface area (Å²) in [6.07, 6.45) is 3.46. The Morgan fingerprint density at radius 1 is 1.07 bits per heavy atom. The number of benzene rings is 2. The maximum atomic E-state index is 12.5. The summed E-state index contributed by atoms with van der Waals surface area (Å²) in [5.41, 5.74) is 2.91. The molecule has 1 unspecified atom stereocenters. The topological polar surface area (TPSA) is 45.9 Å². The number of para-hydroxylation sites is 2. The van der Waals surface area contributed by atoms with E-state index in [1.807, 2.05) is 48.5 Å². The van der Waals surface area contributed by atoms with Crippen LogP contribution in [0.2, 0.25) is 0 Å². The average Bonchev–Trinajstić information content (AvgIpc) is 3.10. The Labute approximate surface area is 170 Å². The fourth-order valence-corrected chi connectivity index (χ4v) is 3.82. The lowest BCUT2D eigenvalue weighted by Gasteiger charge is -2.21. The van der Waals surface area contributed by atoms with Crippen molar-refractivity contribution in [3.05, 3.63) is 70.6 Å². The maximum Gasteiger partial charge on any atom is 0.343 e. The Balaban J connectivity index is 1.62. The minimum atomic E-state index is -0.344. The van der Waals surface area contributed by atoms with Crippen LogP contribution < -0.4 is 20.2 Å². The van der Waals surface area contributed by atoms with Crippen molar-refractivity contribution in [1.82, 2.24) is 0 Å². The maximum absolute atomic E-state index is 12.5. The second kappa shape index (κ2) is 8.03. The molecule has 1 aliphatic heterocycles. The molecule has 2 aromatic carbocycles. The van der Waals surface area contributed by atoms with E-state index in [0.29, 0.717) is 11.1 Å². The third kappa shape index (κ3) is 3.60. The van der Waals surface area contributed by atoms with Crippen molar-refractivity contribution in [2.45, 2.75) is 27.0 Å². The molecule has 0 N–H and O–H groups in total. The fourth-order valence-electron chi connectivity index (χ4n) is 3.82. The van der Waals surface area contributed by atoms with Gasteiger partial charge in [0.2, 0.25) is 0 Å². The van der Waals surface area contributed by atoms with E-state index in [1.165, 1.54) is 0 Å². The zero-order valence-corrected chi connectivity index (χ0v) is 17.1. The first-order chi connectivity index (χ1) is 14.1. The summed E-state index contributed by atoms with van der Waals surface area (Å²) in [6, 6.07) is 15.9. The highest BCUT2D eigenvalue weighted by Crippen LogP contribution is 2.37. The van der Waals surface area contributed by atoms with Crippen LogP contribution in [-0.2, 0) is 0 Å². The number of rotatable bonds is 6. The summed E-state index contributed by atoms with van der Waals surface area (Å²) in [6.45, 7) is 8.94. The summed E-state index contributed by atoms with van der Waals surface area (Å²) in [5.74, 6) is 0.860. The van der Waals surface area contributed by atoms with Crippen LogP contribution in [0.3, 0.4) is 0 Å². The van der Waals surface area contributed by atoms with Crippen LogP contribution in [0.1, 0.15) is 26.3 Å². The molecule has 1 aliphatic rings. The van der Waals surface area contributed by atoms with Gasteiger partial charge < -0.3 is 19.0 Å². The molecular formula is C24H26N2O3. The minimum Gasteiger partial charge on any atom is -0.465 e. The molecule has 4 rings (SSSR count). The van der Waals surface area contributed by atoms with Gasteiger partial charge in [0.25, 0.3) is 0 Å². The van der Waals surface area contributed by atoms with E-state index < -0.39 is 0 Å². The Morgan fingerprint density at radius 3 is 2.62 bits per heavy atom. The largest absolute Gasteiger partial charge is 0.465 e. The van der Waals surface area contributed by atoms with Gasteiger partial charge in [0.1, 0.15) is 11.3 Å². The predicted octanol–water partition coefficient (Wildman–Crippen LogP) is 4.90. The molecule has 1 atom stereocenters. The van der Waals surface area contributed by atoms with Crippen LogP contribution in [0.25, 0.3) is 17.0 Å². The third-order valence-corrected chi connectivity index (χ3v) is 5.39. The lowest BCUT2D eigenvalue weighted by molar-refractivity contribution is 0.275. The molecule has 5 nitrogen and oxygen atoms in total. The SMILES string of the molecule is CCN(CC)c1ccc2cc(/C=C/C3Oc4ccccc4N3CC)c(=O)oc2c1. The van der Waals surface area contributed by atoms with Crippen LogP contribution in [0.15, 0.2) is 63.8 Å². The molecule has 0 aliphatic carbocycles. The Kier molecular flexibility index (Phi) is 5.30. The van der Waals surface area contributed by atoms with Gasteiger partial charge in [-0.2, -0.15) is 0 Å². The summed E-state index contributed by atoms with van der Waals surface area (Å²) >= 11 is 0. The molecule has 0 saturated carbocycles. The number of hydrogen-bond donors (Lipinski definition) is 0. The van der Waals surface area contributed by atoms with Gasteiger partial charge in [-0.25, -0.2) is 4.79 Å². The average molecular weight is 390 g/mol. The van der Waals surface area contributed by atoms with Gasteiger partial charge in [0.15, 0.2) is 6.23 Å². The van der Waals surface area contributed by atoms with E-state index in [9.17, 15) is 4.79 Å². The van der Waals surface area contributed by atoms with Gasteiger partial charge in [-0.1, -0.05) is 12.1 Å². The molecule has 3 aromatic rings. The monoisotopic (exact) mass is 390 g/mol.